The zero-order chi connectivity index (χ0) is 18.0. The second-order valence-electron chi connectivity index (χ2n) is 5.20. The summed E-state index contributed by atoms with van der Waals surface area (Å²) in [5, 5.41) is 13.5. The zero-order valence-corrected chi connectivity index (χ0v) is 15.2. The summed E-state index contributed by atoms with van der Waals surface area (Å²) in [6.07, 6.45) is 0. The van der Waals surface area contributed by atoms with Crippen molar-refractivity contribution in [1.82, 2.24) is 0 Å². The lowest BCUT2D eigenvalue weighted by Gasteiger charge is -2.00. The number of ether oxygens (including phenoxy) is 1. The van der Waals surface area contributed by atoms with Gasteiger partial charge in [0.1, 0.15) is 15.9 Å². The van der Waals surface area contributed by atoms with E-state index in [-0.39, 0.29) is 12.5 Å². The van der Waals surface area contributed by atoms with E-state index >= 15 is 0 Å². The van der Waals surface area contributed by atoms with Crippen molar-refractivity contribution in [1.29, 1.82) is 5.26 Å². The number of rotatable bonds is 4. The third-order valence-electron chi connectivity index (χ3n) is 3.60. The van der Waals surface area contributed by atoms with Crippen molar-refractivity contribution >= 4 is 49.6 Å². The van der Waals surface area contributed by atoms with E-state index in [1.165, 1.54) is 11.3 Å². The molecule has 0 aliphatic carbocycles. The quantitative estimate of drug-likeness (QED) is 0.682. The van der Waals surface area contributed by atoms with Gasteiger partial charge in [-0.3, -0.25) is 4.79 Å². The summed E-state index contributed by atoms with van der Waals surface area (Å²) in [5.41, 5.74) is 0.820. The highest BCUT2D eigenvalue weighted by molar-refractivity contribution is 7.21. The number of thiophene rings is 2. The van der Waals surface area contributed by atoms with E-state index in [1.54, 1.807) is 13.8 Å². The third-order valence-corrected chi connectivity index (χ3v) is 5.90. The monoisotopic (exact) mass is 370 g/mol. The van der Waals surface area contributed by atoms with Gasteiger partial charge < -0.3 is 10.1 Å². The summed E-state index contributed by atoms with van der Waals surface area (Å²) in [6, 6.07) is 11.6. The molecule has 25 heavy (non-hydrogen) atoms. The van der Waals surface area contributed by atoms with Gasteiger partial charge in [-0.1, -0.05) is 18.2 Å². The number of carbonyl (C=O) groups excluding carboxylic acids is 2. The van der Waals surface area contributed by atoms with Gasteiger partial charge in [0.05, 0.1) is 17.0 Å². The number of benzene rings is 1. The first kappa shape index (κ1) is 17.1. The number of nitriles is 1. The first-order valence-corrected chi connectivity index (χ1v) is 9.19. The second-order valence-corrected chi connectivity index (χ2v) is 7.30. The Morgan fingerprint density at radius 3 is 2.72 bits per heavy atom. The van der Waals surface area contributed by atoms with Crippen LogP contribution in [0.5, 0.6) is 0 Å². The summed E-state index contributed by atoms with van der Waals surface area (Å²) >= 11 is 2.45. The minimum atomic E-state index is -0.483. The summed E-state index contributed by atoms with van der Waals surface area (Å²) in [7, 11) is 0. The Morgan fingerprint density at radius 1 is 1.28 bits per heavy atom. The van der Waals surface area contributed by atoms with Crippen LogP contribution in [0.2, 0.25) is 0 Å². The largest absolute Gasteiger partial charge is 0.462 e. The number of esters is 1. The van der Waals surface area contributed by atoms with Crippen LogP contribution in [0.25, 0.3) is 10.1 Å². The van der Waals surface area contributed by atoms with Gasteiger partial charge in [0.15, 0.2) is 0 Å². The van der Waals surface area contributed by atoms with E-state index in [4.69, 9.17) is 4.74 Å². The summed E-state index contributed by atoms with van der Waals surface area (Å²) < 4.78 is 6.02. The molecule has 0 unspecified atom stereocenters. The highest BCUT2D eigenvalue weighted by atomic mass is 32.1. The summed E-state index contributed by atoms with van der Waals surface area (Å²) in [4.78, 5) is 25.4. The van der Waals surface area contributed by atoms with Crippen molar-refractivity contribution in [2.24, 2.45) is 0 Å². The molecule has 0 saturated carbocycles. The number of nitrogens with zero attached hydrogens (tertiary/aromatic N) is 1. The van der Waals surface area contributed by atoms with Crippen LogP contribution in [-0.2, 0) is 4.74 Å². The molecule has 0 fully saturated rings. The standard InChI is InChI=1S/C18H14N2O3S2/c1-3-23-18(22)15-10(2)12(9-19)17(25-15)20-16(21)14-8-11-6-4-5-7-13(11)24-14/h4-8H,3H2,1-2H3,(H,20,21). The first-order valence-electron chi connectivity index (χ1n) is 7.55. The van der Waals surface area contributed by atoms with Gasteiger partial charge in [0.2, 0.25) is 0 Å². The van der Waals surface area contributed by atoms with Crippen LogP contribution >= 0.6 is 22.7 Å². The van der Waals surface area contributed by atoms with Crippen molar-refractivity contribution in [2.75, 3.05) is 11.9 Å². The molecule has 0 atom stereocenters. The van der Waals surface area contributed by atoms with Crippen LogP contribution in [0.15, 0.2) is 30.3 Å². The van der Waals surface area contributed by atoms with Gasteiger partial charge in [-0.2, -0.15) is 5.26 Å². The average molecular weight is 370 g/mol. The Labute approximate surface area is 152 Å². The normalized spacial score (nSPS) is 10.4. The van der Waals surface area contributed by atoms with Crippen molar-refractivity contribution < 1.29 is 14.3 Å². The minimum Gasteiger partial charge on any atom is -0.462 e. The first-order chi connectivity index (χ1) is 12.0. The van der Waals surface area contributed by atoms with Gasteiger partial charge in [-0.25, -0.2) is 4.79 Å². The van der Waals surface area contributed by atoms with E-state index < -0.39 is 5.97 Å². The predicted octanol–water partition coefficient (Wildman–Crippen LogP) is 4.57. The molecular formula is C18H14N2O3S2. The lowest BCUT2D eigenvalue weighted by atomic mass is 10.2. The van der Waals surface area contributed by atoms with Crippen LogP contribution in [0.1, 0.15) is 37.4 Å². The van der Waals surface area contributed by atoms with E-state index in [0.717, 1.165) is 21.4 Å². The molecule has 0 aliphatic rings. The second kappa shape index (κ2) is 7.05. The molecule has 0 radical (unpaired) electrons. The van der Waals surface area contributed by atoms with E-state index in [1.807, 2.05) is 30.3 Å². The van der Waals surface area contributed by atoms with Crippen LogP contribution in [0, 0.1) is 18.3 Å². The fraction of sp³-hybridized carbons (Fsp3) is 0.167. The maximum absolute atomic E-state index is 12.5. The minimum absolute atomic E-state index is 0.252. The zero-order valence-electron chi connectivity index (χ0n) is 13.6. The van der Waals surface area contributed by atoms with E-state index in [2.05, 4.69) is 11.4 Å². The molecule has 0 saturated heterocycles. The molecule has 1 N–H and O–H groups in total. The molecule has 1 amide bonds. The highest BCUT2D eigenvalue weighted by Gasteiger charge is 2.23. The molecule has 0 aliphatic heterocycles. The molecule has 3 aromatic rings. The van der Waals surface area contributed by atoms with E-state index in [9.17, 15) is 14.9 Å². The lowest BCUT2D eigenvalue weighted by molar-refractivity contribution is 0.0531. The molecule has 7 heteroatoms. The Hall–Kier alpha value is -2.69. The Morgan fingerprint density at radius 2 is 2.04 bits per heavy atom. The number of hydrogen-bond donors (Lipinski definition) is 1. The van der Waals surface area contributed by atoms with E-state index in [0.29, 0.717) is 25.9 Å². The molecule has 2 heterocycles. The number of carbonyl (C=O) groups is 2. The average Bonchev–Trinajstić information content (AvgIpc) is 3.16. The molecule has 0 bridgehead atoms. The van der Waals surface area contributed by atoms with Crippen molar-refractivity contribution in [3.8, 4) is 6.07 Å². The van der Waals surface area contributed by atoms with Gasteiger partial charge in [0.25, 0.3) is 5.91 Å². The van der Waals surface area contributed by atoms with Crippen molar-refractivity contribution in [2.45, 2.75) is 13.8 Å². The Bertz CT molecular complexity index is 978. The summed E-state index contributed by atoms with van der Waals surface area (Å²) in [6.45, 7) is 3.65. The maximum atomic E-state index is 12.5. The summed E-state index contributed by atoms with van der Waals surface area (Å²) in [5.74, 6) is -0.779. The fourth-order valence-corrected chi connectivity index (χ4v) is 4.39. The topological polar surface area (TPSA) is 79.2 Å². The molecule has 1 aromatic carbocycles. The van der Waals surface area contributed by atoms with Gasteiger partial charge in [0, 0.05) is 4.70 Å². The van der Waals surface area contributed by atoms with Crippen LogP contribution in [-0.4, -0.2) is 18.5 Å². The van der Waals surface area contributed by atoms with Crippen LogP contribution in [0.4, 0.5) is 5.00 Å². The van der Waals surface area contributed by atoms with Crippen LogP contribution < -0.4 is 5.32 Å². The smallest absolute Gasteiger partial charge is 0.348 e. The molecule has 2 aromatic heterocycles. The number of fused-ring (bicyclic) bond motifs is 1. The molecular weight excluding hydrogens is 356 g/mol. The van der Waals surface area contributed by atoms with Crippen LogP contribution in [0.3, 0.4) is 0 Å². The molecule has 0 spiro atoms. The maximum Gasteiger partial charge on any atom is 0.348 e. The van der Waals surface area contributed by atoms with Crippen molar-refractivity contribution in [3.05, 3.63) is 51.2 Å². The third kappa shape index (κ3) is 3.27. The number of hydrogen-bond acceptors (Lipinski definition) is 6. The molecule has 126 valence electrons. The van der Waals surface area contributed by atoms with Gasteiger partial charge in [-0.15, -0.1) is 22.7 Å². The Kier molecular flexibility index (Phi) is 4.83. The lowest BCUT2D eigenvalue weighted by Crippen LogP contribution is -2.09. The Balaban J connectivity index is 1.91. The van der Waals surface area contributed by atoms with Gasteiger partial charge in [-0.05, 0) is 36.9 Å². The highest BCUT2D eigenvalue weighted by Crippen LogP contribution is 2.34. The SMILES string of the molecule is CCOC(=O)c1sc(NC(=O)c2cc3ccccc3s2)c(C#N)c1C. The number of nitrogens with one attached hydrogen (secondary N) is 1. The fourth-order valence-electron chi connectivity index (χ4n) is 2.39. The number of amides is 1. The molecule has 5 nitrogen and oxygen atoms in total. The van der Waals surface area contributed by atoms with Crippen molar-refractivity contribution in [3.63, 3.8) is 0 Å². The predicted molar refractivity (Wildman–Crippen MR) is 99.5 cm³/mol. The van der Waals surface area contributed by atoms with Gasteiger partial charge >= 0.3 is 5.97 Å². The number of anilines is 1. The molecule has 3 rings (SSSR count).